The van der Waals surface area contributed by atoms with Crippen LogP contribution in [0.1, 0.15) is 96.5 Å². The van der Waals surface area contributed by atoms with Gasteiger partial charge in [-0.25, -0.2) is 4.79 Å². The Morgan fingerprint density at radius 1 is 1.14 bits per heavy atom. The highest BCUT2D eigenvalue weighted by molar-refractivity contribution is 6.02. The van der Waals surface area contributed by atoms with E-state index in [2.05, 4.69) is 12.7 Å². The van der Waals surface area contributed by atoms with E-state index in [1.165, 1.54) is 0 Å². The zero-order chi connectivity index (χ0) is 35.9. The Morgan fingerprint density at radius 3 is 2.58 bits per heavy atom. The van der Waals surface area contributed by atoms with E-state index in [0.717, 1.165) is 56.1 Å². The number of amides is 1. The minimum atomic E-state index is -1.37. The molecule has 3 N–H and O–H groups in total. The smallest absolute Gasteiger partial charge is 0.410 e. The summed E-state index contributed by atoms with van der Waals surface area (Å²) in [5, 5.41) is 35.1. The lowest BCUT2D eigenvalue weighted by molar-refractivity contribution is -0.254. The van der Waals surface area contributed by atoms with Crippen LogP contribution in [0.15, 0.2) is 47.7 Å². The van der Waals surface area contributed by atoms with Crippen molar-refractivity contribution in [2.45, 2.75) is 109 Å². The summed E-state index contributed by atoms with van der Waals surface area (Å²) in [7, 11) is 1.72. The fourth-order valence-electron chi connectivity index (χ4n) is 8.16. The van der Waals surface area contributed by atoms with Crippen LogP contribution in [0.5, 0.6) is 11.5 Å². The van der Waals surface area contributed by atoms with Gasteiger partial charge in [-0.2, -0.15) is 0 Å². The standard InChI is InChI=1S/C39H58N2O9/c1-6-20-48-39-33(41(5)37(45)47-25-38(2,3)4)24-31(40-50-34-15-9-12-21-46-34)29-22-26(13-7-10-18-42)28(14-8-11-19-43)35(36(29)39)30-23-27(44)16-17-32(30)49-39/h6,16-17,22-23,26,28,33-36,42-44H,1,7-15,18-21,24-25H2,2-5H3/t26-,28+,33-,34?,35+,36+,39+/m0/s1. The highest BCUT2D eigenvalue weighted by Crippen LogP contribution is 2.61. The van der Waals surface area contributed by atoms with Gasteiger partial charge in [0.1, 0.15) is 17.5 Å². The van der Waals surface area contributed by atoms with Gasteiger partial charge in [-0.1, -0.05) is 50.9 Å². The lowest BCUT2D eigenvalue weighted by Crippen LogP contribution is -2.69. The number of aliphatic hydroxyl groups excluding tert-OH is 2. The van der Waals surface area contributed by atoms with E-state index in [0.29, 0.717) is 30.9 Å². The molecule has 1 aromatic rings. The van der Waals surface area contributed by atoms with Crippen LogP contribution < -0.4 is 4.74 Å². The molecule has 0 radical (unpaired) electrons. The van der Waals surface area contributed by atoms with E-state index in [1.54, 1.807) is 36.2 Å². The average molecular weight is 699 g/mol. The molecule has 2 heterocycles. The summed E-state index contributed by atoms with van der Waals surface area (Å²) in [6.07, 6.45) is 10.7. The lowest BCUT2D eigenvalue weighted by atomic mass is 9.55. The number of allylic oxidation sites excluding steroid dienone is 1. The second-order valence-corrected chi connectivity index (χ2v) is 15.4. The molecule has 2 aliphatic heterocycles. The second-order valence-electron chi connectivity index (χ2n) is 15.4. The van der Waals surface area contributed by atoms with Gasteiger partial charge in [0.05, 0.1) is 31.5 Å². The normalized spacial score (nSPS) is 29.6. The number of phenols is 1. The van der Waals surface area contributed by atoms with Crippen molar-refractivity contribution in [2.75, 3.05) is 40.1 Å². The number of oxime groups is 1. The minimum Gasteiger partial charge on any atom is -0.508 e. The molecule has 2 fully saturated rings. The van der Waals surface area contributed by atoms with Crippen molar-refractivity contribution in [1.29, 1.82) is 0 Å². The third-order valence-electron chi connectivity index (χ3n) is 10.5. The molecular formula is C39H58N2O9. The van der Waals surface area contributed by atoms with Crippen LogP contribution in [-0.2, 0) is 19.0 Å². The van der Waals surface area contributed by atoms with E-state index in [9.17, 15) is 20.1 Å². The second kappa shape index (κ2) is 16.9. The number of carbonyl (C=O) groups is 1. The first-order valence-electron chi connectivity index (χ1n) is 18.5. The molecule has 1 unspecified atom stereocenters. The maximum Gasteiger partial charge on any atom is 0.410 e. The molecule has 4 aliphatic rings. The van der Waals surface area contributed by atoms with E-state index >= 15 is 0 Å². The third kappa shape index (κ3) is 8.49. The summed E-state index contributed by atoms with van der Waals surface area (Å²) in [4.78, 5) is 21.5. The molecule has 2 aliphatic carbocycles. The monoisotopic (exact) mass is 698 g/mol. The Kier molecular flexibility index (Phi) is 12.9. The van der Waals surface area contributed by atoms with Crippen LogP contribution in [0.4, 0.5) is 4.79 Å². The fourth-order valence-corrected chi connectivity index (χ4v) is 8.16. The highest BCUT2D eigenvalue weighted by Gasteiger charge is 2.65. The number of aliphatic hydroxyl groups is 2. The van der Waals surface area contributed by atoms with E-state index in [-0.39, 0.29) is 61.8 Å². The molecule has 5 rings (SSSR count). The first-order chi connectivity index (χ1) is 24.0. The molecule has 11 nitrogen and oxygen atoms in total. The number of unbranched alkanes of at least 4 members (excludes halogenated alkanes) is 2. The van der Waals surface area contributed by atoms with Gasteiger partial charge in [0, 0.05) is 44.6 Å². The SMILES string of the molecule is C=CCO[C@@]12Oc3ccc(O)cc3[C@H]3[C@H](CCCCO)[C@@H](CCCCO)C=C(C(=NOC4CCCCO4)C[C@@H]1N(C)C(=O)OCC(C)(C)C)[C@H]32. The quantitative estimate of drug-likeness (QED) is 0.104. The predicted octanol–water partition coefficient (Wildman–Crippen LogP) is 6.67. The number of hydrogen-bond donors (Lipinski definition) is 3. The van der Waals surface area contributed by atoms with Gasteiger partial charge in [-0.15, -0.1) is 6.58 Å². The Labute approximate surface area is 297 Å². The van der Waals surface area contributed by atoms with E-state index in [1.807, 2.05) is 20.8 Å². The summed E-state index contributed by atoms with van der Waals surface area (Å²) < 4.78 is 25.6. The first-order valence-corrected chi connectivity index (χ1v) is 18.5. The van der Waals surface area contributed by atoms with Crippen LogP contribution in [0.25, 0.3) is 0 Å². The maximum atomic E-state index is 13.9. The van der Waals surface area contributed by atoms with Gasteiger partial charge < -0.3 is 44.0 Å². The molecular weight excluding hydrogens is 640 g/mol. The zero-order valence-electron chi connectivity index (χ0n) is 30.4. The predicted molar refractivity (Wildman–Crippen MR) is 190 cm³/mol. The number of rotatable bonds is 15. The van der Waals surface area contributed by atoms with Crippen molar-refractivity contribution in [3.63, 3.8) is 0 Å². The molecule has 1 aromatic carbocycles. The fraction of sp³-hybridized carbons (Fsp3) is 0.692. The van der Waals surface area contributed by atoms with E-state index in [4.69, 9.17) is 28.9 Å². The van der Waals surface area contributed by atoms with Gasteiger partial charge in [-0.05, 0) is 79.5 Å². The van der Waals surface area contributed by atoms with Crippen molar-refractivity contribution in [3.05, 3.63) is 48.1 Å². The molecule has 7 atom stereocenters. The van der Waals surface area contributed by atoms with Crippen LogP contribution in [0.3, 0.4) is 0 Å². The summed E-state index contributed by atoms with van der Waals surface area (Å²) in [6.45, 7) is 11.2. The molecule has 1 saturated heterocycles. The number of nitrogens with zero attached hydrogens (tertiary/aromatic N) is 2. The van der Waals surface area contributed by atoms with Gasteiger partial charge >= 0.3 is 6.09 Å². The number of carbonyl (C=O) groups excluding carboxylic acids is 1. The first kappa shape index (κ1) is 38.1. The number of ether oxygens (including phenoxy) is 4. The lowest BCUT2D eigenvalue weighted by Gasteiger charge is -2.59. The number of aromatic hydroxyl groups is 1. The number of likely N-dealkylation sites (N-methyl/N-ethyl adjacent to an activating group) is 1. The summed E-state index contributed by atoms with van der Waals surface area (Å²) >= 11 is 0. The Balaban J connectivity index is 1.70. The van der Waals surface area contributed by atoms with Crippen LogP contribution >= 0.6 is 0 Å². The number of fused-ring (bicyclic) bond motifs is 2. The molecule has 278 valence electrons. The van der Waals surface area contributed by atoms with Crippen LogP contribution in [-0.4, -0.2) is 90.2 Å². The Morgan fingerprint density at radius 2 is 1.90 bits per heavy atom. The minimum absolute atomic E-state index is 0.0749. The highest BCUT2D eigenvalue weighted by atomic mass is 16.8. The summed E-state index contributed by atoms with van der Waals surface area (Å²) in [5.74, 6) is -1.12. The van der Waals surface area contributed by atoms with Crippen molar-refractivity contribution in [1.82, 2.24) is 4.90 Å². The topological polar surface area (TPSA) is 140 Å². The molecule has 11 heteroatoms. The van der Waals surface area contributed by atoms with Gasteiger partial charge in [-0.3, -0.25) is 0 Å². The van der Waals surface area contributed by atoms with Gasteiger partial charge in [0.25, 0.3) is 0 Å². The molecule has 1 saturated carbocycles. The molecule has 0 spiro atoms. The van der Waals surface area contributed by atoms with E-state index < -0.39 is 30.1 Å². The van der Waals surface area contributed by atoms with Gasteiger partial charge in [0.2, 0.25) is 12.1 Å². The molecule has 0 aromatic heterocycles. The van der Waals surface area contributed by atoms with Crippen molar-refractivity contribution >= 4 is 11.8 Å². The van der Waals surface area contributed by atoms with Crippen molar-refractivity contribution in [3.8, 4) is 11.5 Å². The molecule has 50 heavy (non-hydrogen) atoms. The summed E-state index contributed by atoms with van der Waals surface area (Å²) in [6, 6.07) is 4.51. The zero-order valence-corrected chi connectivity index (χ0v) is 30.4. The maximum absolute atomic E-state index is 13.9. The van der Waals surface area contributed by atoms with Gasteiger partial charge in [0.15, 0.2) is 0 Å². The summed E-state index contributed by atoms with van der Waals surface area (Å²) in [5.41, 5.74) is 2.26. The van der Waals surface area contributed by atoms with Crippen LogP contribution in [0, 0.1) is 23.2 Å². The van der Waals surface area contributed by atoms with Crippen molar-refractivity contribution < 1.29 is 43.9 Å². The number of hydrogen-bond acceptors (Lipinski definition) is 10. The molecule has 0 bridgehead atoms. The van der Waals surface area contributed by atoms with Crippen LogP contribution in [0.2, 0.25) is 0 Å². The Bertz CT molecular complexity index is 1370. The van der Waals surface area contributed by atoms with Crippen molar-refractivity contribution in [2.24, 2.45) is 28.3 Å². The number of phenolic OH excluding ortho intramolecular Hbond substituents is 1. The Hall–Kier alpha value is -3.12. The average Bonchev–Trinajstić information content (AvgIpc) is 3.10. The molecule has 1 amide bonds. The number of benzene rings is 1. The largest absolute Gasteiger partial charge is 0.508 e. The third-order valence-corrected chi connectivity index (χ3v) is 10.5.